The molecule has 0 aromatic heterocycles. The van der Waals surface area contributed by atoms with E-state index in [1.807, 2.05) is 12.1 Å². The average Bonchev–Trinajstić information content (AvgIpc) is 3.25. The highest BCUT2D eigenvalue weighted by Gasteiger charge is 2.44. The molecule has 21 heavy (non-hydrogen) atoms. The Balaban J connectivity index is 2.05. The Morgan fingerprint density at radius 1 is 1.24 bits per heavy atom. The molecule has 1 aliphatic rings. The molecule has 1 aliphatic carbocycles. The van der Waals surface area contributed by atoms with Crippen molar-refractivity contribution in [2.75, 3.05) is 20.8 Å². The molecule has 0 radical (unpaired) electrons. The molecule has 116 valence electrons. The minimum absolute atomic E-state index is 0.0756. The van der Waals surface area contributed by atoms with Gasteiger partial charge in [-0.2, -0.15) is 0 Å². The second-order valence-corrected chi connectivity index (χ2v) is 6.22. The van der Waals surface area contributed by atoms with Crippen molar-refractivity contribution in [3.8, 4) is 11.5 Å². The number of benzene rings is 1. The van der Waals surface area contributed by atoms with Gasteiger partial charge in [-0.1, -0.05) is 19.9 Å². The molecule has 1 N–H and O–H groups in total. The summed E-state index contributed by atoms with van der Waals surface area (Å²) in [6.45, 7) is 4.82. The largest absolute Gasteiger partial charge is 0.493 e. The average molecular weight is 291 g/mol. The van der Waals surface area contributed by atoms with E-state index in [0.717, 1.165) is 24.3 Å². The topological polar surface area (TPSA) is 47.6 Å². The van der Waals surface area contributed by atoms with Gasteiger partial charge < -0.3 is 14.8 Å². The van der Waals surface area contributed by atoms with Gasteiger partial charge in [0.2, 0.25) is 5.91 Å². The summed E-state index contributed by atoms with van der Waals surface area (Å²) in [6, 6.07) is 6.04. The van der Waals surface area contributed by atoms with E-state index in [-0.39, 0.29) is 11.3 Å². The van der Waals surface area contributed by atoms with Gasteiger partial charge in [0.05, 0.1) is 14.2 Å². The van der Waals surface area contributed by atoms with Gasteiger partial charge in [0, 0.05) is 18.4 Å². The Bertz CT molecular complexity index is 507. The van der Waals surface area contributed by atoms with Crippen molar-refractivity contribution in [3.63, 3.8) is 0 Å². The number of methoxy groups -OCH3 is 2. The van der Waals surface area contributed by atoms with Crippen LogP contribution in [0.3, 0.4) is 0 Å². The number of amides is 1. The second-order valence-electron chi connectivity index (χ2n) is 6.22. The van der Waals surface area contributed by atoms with Crippen LogP contribution in [-0.2, 0) is 10.2 Å². The summed E-state index contributed by atoms with van der Waals surface area (Å²) in [5, 5.41) is 3.07. The van der Waals surface area contributed by atoms with Crippen LogP contribution in [0, 0.1) is 5.92 Å². The number of nitrogens with one attached hydrogen (secondary N) is 1. The monoisotopic (exact) mass is 291 g/mol. The first-order chi connectivity index (χ1) is 10.0. The molecule has 0 atom stereocenters. The van der Waals surface area contributed by atoms with Crippen molar-refractivity contribution in [3.05, 3.63) is 23.8 Å². The molecule has 0 unspecified atom stereocenters. The van der Waals surface area contributed by atoms with E-state index in [0.29, 0.717) is 18.9 Å². The molecule has 4 heteroatoms. The van der Waals surface area contributed by atoms with E-state index >= 15 is 0 Å². The molecule has 1 saturated carbocycles. The maximum absolute atomic E-state index is 11.8. The lowest BCUT2D eigenvalue weighted by Crippen LogP contribution is -2.32. The van der Waals surface area contributed by atoms with Gasteiger partial charge >= 0.3 is 0 Å². The third-order valence-electron chi connectivity index (χ3n) is 4.07. The smallest absolute Gasteiger partial charge is 0.220 e. The summed E-state index contributed by atoms with van der Waals surface area (Å²) in [6.07, 6.45) is 2.79. The molecular formula is C17H25NO3. The molecule has 0 aliphatic heterocycles. The number of carbonyl (C=O) groups is 1. The number of hydrogen-bond acceptors (Lipinski definition) is 3. The maximum atomic E-state index is 11.8. The normalized spacial score (nSPS) is 15.7. The molecule has 4 nitrogen and oxygen atoms in total. The van der Waals surface area contributed by atoms with Crippen LogP contribution in [0.4, 0.5) is 0 Å². The third-order valence-corrected chi connectivity index (χ3v) is 4.07. The summed E-state index contributed by atoms with van der Waals surface area (Å²) >= 11 is 0. The molecule has 1 aromatic rings. The highest BCUT2D eigenvalue weighted by atomic mass is 16.5. The van der Waals surface area contributed by atoms with Gasteiger partial charge in [0.15, 0.2) is 11.5 Å². The van der Waals surface area contributed by atoms with E-state index in [1.54, 1.807) is 14.2 Å². The second kappa shape index (κ2) is 6.37. The Hall–Kier alpha value is -1.71. The van der Waals surface area contributed by atoms with Crippen LogP contribution in [0.1, 0.15) is 38.7 Å². The quantitative estimate of drug-likeness (QED) is 0.840. The fourth-order valence-electron chi connectivity index (χ4n) is 2.60. The number of hydrogen-bond donors (Lipinski definition) is 1. The molecule has 0 heterocycles. The van der Waals surface area contributed by atoms with E-state index in [4.69, 9.17) is 9.47 Å². The van der Waals surface area contributed by atoms with Crippen molar-refractivity contribution < 1.29 is 14.3 Å². The molecular weight excluding hydrogens is 266 g/mol. The first kappa shape index (κ1) is 15.7. The Morgan fingerprint density at radius 3 is 2.43 bits per heavy atom. The van der Waals surface area contributed by atoms with Crippen molar-refractivity contribution in [1.29, 1.82) is 0 Å². The lowest BCUT2D eigenvalue weighted by Gasteiger charge is -2.19. The Kier molecular flexibility index (Phi) is 4.76. The first-order valence-corrected chi connectivity index (χ1v) is 7.50. The third kappa shape index (κ3) is 3.69. The number of ether oxygens (including phenoxy) is 2. The lowest BCUT2D eigenvalue weighted by molar-refractivity contribution is -0.121. The van der Waals surface area contributed by atoms with Crippen LogP contribution >= 0.6 is 0 Å². The predicted molar refractivity (Wildman–Crippen MR) is 82.9 cm³/mol. The highest BCUT2D eigenvalue weighted by molar-refractivity contribution is 5.76. The summed E-state index contributed by atoms with van der Waals surface area (Å²) < 4.78 is 10.6. The van der Waals surface area contributed by atoms with Gasteiger partial charge in [0.25, 0.3) is 0 Å². The minimum atomic E-state index is 0.0756. The van der Waals surface area contributed by atoms with Crippen molar-refractivity contribution in [2.24, 2.45) is 5.92 Å². The lowest BCUT2D eigenvalue weighted by atomic mass is 9.95. The first-order valence-electron chi connectivity index (χ1n) is 7.50. The predicted octanol–water partition coefficient (Wildman–Crippen LogP) is 2.90. The molecule has 2 rings (SSSR count). The molecule has 0 spiro atoms. The zero-order valence-corrected chi connectivity index (χ0v) is 13.4. The van der Waals surface area contributed by atoms with Crippen molar-refractivity contribution >= 4 is 5.91 Å². The number of rotatable bonds is 7. The van der Waals surface area contributed by atoms with Crippen LogP contribution in [0.25, 0.3) is 0 Å². The fourth-order valence-corrected chi connectivity index (χ4v) is 2.60. The molecule has 0 bridgehead atoms. The van der Waals surface area contributed by atoms with E-state index < -0.39 is 0 Å². The molecule has 1 fully saturated rings. The fraction of sp³-hybridized carbons (Fsp3) is 0.588. The van der Waals surface area contributed by atoms with Crippen LogP contribution in [0.2, 0.25) is 0 Å². The van der Waals surface area contributed by atoms with Gasteiger partial charge in [-0.25, -0.2) is 0 Å². The van der Waals surface area contributed by atoms with Crippen molar-refractivity contribution in [2.45, 2.75) is 38.5 Å². The van der Waals surface area contributed by atoms with Crippen molar-refractivity contribution in [1.82, 2.24) is 5.32 Å². The SMILES string of the molecule is COc1ccc(C2(CNC(=O)CC(C)C)CC2)cc1OC. The molecule has 1 aromatic carbocycles. The highest BCUT2D eigenvalue weighted by Crippen LogP contribution is 2.49. The van der Waals surface area contributed by atoms with E-state index in [9.17, 15) is 4.79 Å². The van der Waals surface area contributed by atoms with Crippen LogP contribution in [0.5, 0.6) is 11.5 Å². The van der Waals surface area contributed by atoms with Crippen LogP contribution in [-0.4, -0.2) is 26.7 Å². The summed E-state index contributed by atoms with van der Waals surface area (Å²) in [7, 11) is 3.28. The summed E-state index contributed by atoms with van der Waals surface area (Å²) in [4.78, 5) is 11.8. The maximum Gasteiger partial charge on any atom is 0.220 e. The zero-order chi connectivity index (χ0) is 15.5. The van der Waals surface area contributed by atoms with Crippen LogP contribution in [0.15, 0.2) is 18.2 Å². The Labute approximate surface area is 126 Å². The molecule has 0 saturated heterocycles. The zero-order valence-electron chi connectivity index (χ0n) is 13.4. The van der Waals surface area contributed by atoms with Crippen LogP contribution < -0.4 is 14.8 Å². The van der Waals surface area contributed by atoms with Gasteiger partial charge in [0.1, 0.15) is 0 Å². The molecule has 1 amide bonds. The van der Waals surface area contributed by atoms with Gasteiger partial charge in [-0.3, -0.25) is 4.79 Å². The number of carbonyl (C=O) groups excluding carboxylic acids is 1. The van der Waals surface area contributed by atoms with E-state index in [2.05, 4.69) is 25.2 Å². The standard InChI is InChI=1S/C17H25NO3/c1-12(2)9-16(19)18-11-17(7-8-17)13-5-6-14(20-3)15(10-13)21-4/h5-6,10,12H,7-9,11H2,1-4H3,(H,18,19). The summed E-state index contributed by atoms with van der Waals surface area (Å²) in [5.41, 5.74) is 1.29. The Morgan fingerprint density at radius 2 is 1.90 bits per heavy atom. The minimum Gasteiger partial charge on any atom is -0.493 e. The summed E-state index contributed by atoms with van der Waals surface area (Å²) in [5.74, 6) is 2.01. The van der Waals surface area contributed by atoms with Gasteiger partial charge in [-0.15, -0.1) is 0 Å². The van der Waals surface area contributed by atoms with Gasteiger partial charge in [-0.05, 0) is 36.5 Å². The van der Waals surface area contributed by atoms with E-state index in [1.165, 1.54) is 5.56 Å².